The molecule has 3 aliphatic rings. The van der Waals surface area contributed by atoms with Crippen molar-refractivity contribution in [3.8, 4) is 0 Å². The van der Waals surface area contributed by atoms with Gasteiger partial charge in [-0.25, -0.2) is 0 Å². The second-order valence-corrected chi connectivity index (χ2v) is 7.48. The van der Waals surface area contributed by atoms with Gasteiger partial charge in [0.2, 0.25) is 5.91 Å². The number of hydrogen-bond donors (Lipinski definition) is 1. The summed E-state index contributed by atoms with van der Waals surface area (Å²) in [6.07, 6.45) is 7.44. The van der Waals surface area contributed by atoms with Crippen molar-refractivity contribution in [3.63, 3.8) is 0 Å². The van der Waals surface area contributed by atoms with Crippen LogP contribution in [0.1, 0.15) is 59.3 Å². The zero-order valence-corrected chi connectivity index (χ0v) is 11.4. The third-order valence-corrected chi connectivity index (χ3v) is 6.03. The lowest BCUT2D eigenvalue weighted by atomic mass is 9.68. The third-order valence-electron chi connectivity index (χ3n) is 6.03. The highest BCUT2D eigenvalue weighted by Gasteiger charge is 2.59. The first-order valence-electron chi connectivity index (χ1n) is 7.24. The maximum Gasteiger partial charge on any atom is 0.223 e. The van der Waals surface area contributed by atoms with Gasteiger partial charge in [-0.3, -0.25) is 4.79 Å². The molecule has 17 heavy (non-hydrogen) atoms. The molecular formula is C15H25NO. The molecule has 0 spiro atoms. The number of carbonyl (C=O) groups excluding carboxylic acids is 1. The van der Waals surface area contributed by atoms with E-state index < -0.39 is 0 Å². The normalized spacial score (nSPS) is 43.5. The summed E-state index contributed by atoms with van der Waals surface area (Å²) in [4.78, 5) is 12.2. The predicted molar refractivity (Wildman–Crippen MR) is 68.5 cm³/mol. The van der Waals surface area contributed by atoms with Crippen LogP contribution < -0.4 is 5.32 Å². The van der Waals surface area contributed by atoms with E-state index in [1.54, 1.807) is 0 Å². The van der Waals surface area contributed by atoms with Crippen molar-refractivity contribution in [1.29, 1.82) is 0 Å². The smallest absolute Gasteiger partial charge is 0.223 e. The van der Waals surface area contributed by atoms with Gasteiger partial charge in [0.05, 0.1) is 0 Å². The Labute approximate surface area is 105 Å². The summed E-state index contributed by atoms with van der Waals surface area (Å²) < 4.78 is 0. The number of amides is 1. The SMILES string of the molecule is CC1(C)[C@@H]2CC[C@](C)(C2)[C@@H]1NC(=O)C1CCC1. The van der Waals surface area contributed by atoms with Crippen molar-refractivity contribution in [2.45, 2.75) is 65.3 Å². The molecule has 0 aromatic carbocycles. The van der Waals surface area contributed by atoms with Gasteiger partial charge in [-0.05, 0) is 48.9 Å². The van der Waals surface area contributed by atoms with Gasteiger partial charge >= 0.3 is 0 Å². The maximum absolute atomic E-state index is 12.2. The van der Waals surface area contributed by atoms with E-state index in [-0.39, 0.29) is 0 Å². The summed E-state index contributed by atoms with van der Waals surface area (Å²) in [6, 6.07) is 0.404. The predicted octanol–water partition coefficient (Wildman–Crippen LogP) is 3.12. The van der Waals surface area contributed by atoms with E-state index in [4.69, 9.17) is 0 Å². The lowest BCUT2D eigenvalue weighted by Gasteiger charge is -2.44. The summed E-state index contributed by atoms with van der Waals surface area (Å²) in [5.74, 6) is 1.48. The second kappa shape index (κ2) is 3.49. The molecule has 2 nitrogen and oxygen atoms in total. The molecule has 0 unspecified atom stereocenters. The van der Waals surface area contributed by atoms with Crippen LogP contribution >= 0.6 is 0 Å². The molecule has 3 saturated carbocycles. The van der Waals surface area contributed by atoms with Crippen molar-refractivity contribution in [1.82, 2.24) is 5.32 Å². The molecule has 0 radical (unpaired) electrons. The molecule has 3 atom stereocenters. The molecule has 0 aromatic heterocycles. The van der Waals surface area contributed by atoms with Crippen LogP contribution in [0.15, 0.2) is 0 Å². The molecule has 3 fully saturated rings. The van der Waals surface area contributed by atoms with Gasteiger partial charge in [-0.1, -0.05) is 27.2 Å². The molecule has 1 amide bonds. The fourth-order valence-electron chi connectivity index (χ4n) is 4.59. The lowest BCUT2D eigenvalue weighted by molar-refractivity contribution is -0.130. The van der Waals surface area contributed by atoms with E-state index in [1.165, 1.54) is 25.7 Å². The molecule has 0 heterocycles. The highest BCUT2D eigenvalue weighted by atomic mass is 16.2. The van der Waals surface area contributed by atoms with Crippen molar-refractivity contribution >= 4 is 5.91 Å². The zero-order chi connectivity index (χ0) is 12.3. The van der Waals surface area contributed by atoms with E-state index in [9.17, 15) is 4.79 Å². The minimum absolute atomic E-state index is 0.298. The number of fused-ring (bicyclic) bond motifs is 2. The average Bonchev–Trinajstić information content (AvgIpc) is 2.61. The van der Waals surface area contributed by atoms with Gasteiger partial charge in [0, 0.05) is 12.0 Å². The molecular weight excluding hydrogens is 210 g/mol. The minimum atomic E-state index is 0.298. The van der Waals surface area contributed by atoms with Crippen LogP contribution in [0.2, 0.25) is 0 Å². The van der Waals surface area contributed by atoms with Gasteiger partial charge < -0.3 is 5.32 Å². The van der Waals surface area contributed by atoms with Crippen molar-refractivity contribution in [2.75, 3.05) is 0 Å². The van der Waals surface area contributed by atoms with E-state index in [1.807, 2.05) is 0 Å². The highest BCUT2D eigenvalue weighted by Crippen LogP contribution is 2.62. The Morgan fingerprint density at radius 2 is 1.88 bits per heavy atom. The molecule has 96 valence electrons. The van der Waals surface area contributed by atoms with Crippen molar-refractivity contribution in [3.05, 3.63) is 0 Å². The van der Waals surface area contributed by atoms with E-state index in [0.717, 1.165) is 18.8 Å². The summed E-state index contributed by atoms with van der Waals surface area (Å²) in [5.41, 5.74) is 0.667. The molecule has 2 heteroatoms. The van der Waals surface area contributed by atoms with E-state index in [0.29, 0.717) is 28.7 Å². The topological polar surface area (TPSA) is 29.1 Å². The lowest BCUT2D eigenvalue weighted by Crippen LogP contribution is -2.54. The third kappa shape index (κ3) is 1.56. The van der Waals surface area contributed by atoms with Gasteiger partial charge in [0.15, 0.2) is 0 Å². The monoisotopic (exact) mass is 235 g/mol. The van der Waals surface area contributed by atoms with E-state index >= 15 is 0 Å². The quantitative estimate of drug-likeness (QED) is 0.783. The Kier molecular flexibility index (Phi) is 2.37. The Balaban J connectivity index is 1.75. The molecule has 3 aliphatic carbocycles. The van der Waals surface area contributed by atoms with Gasteiger partial charge in [0.1, 0.15) is 0 Å². The number of hydrogen-bond acceptors (Lipinski definition) is 1. The van der Waals surface area contributed by atoms with E-state index in [2.05, 4.69) is 26.1 Å². The molecule has 3 rings (SSSR count). The largest absolute Gasteiger partial charge is 0.352 e. The molecule has 1 N–H and O–H groups in total. The fourth-order valence-corrected chi connectivity index (χ4v) is 4.59. The maximum atomic E-state index is 12.2. The number of rotatable bonds is 2. The Morgan fingerprint density at radius 1 is 1.18 bits per heavy atom. The number of nitrogens with one attached hydrogen (secondary N) is 1. The number of carbonyl (C=O) groups is 1. The zero-order valence-electron chi connectivity index (χ0n) is 11.4. The molecule has 0 aliphatic heterocycles. The van der Waals surface area contributed by atoms with Crippen molar-refractivity contribution < 1.29 is 4.79 Å². The van der Waals surface area contributed by atoms with Crippen LogP contribution in [0.5, 0.6) is 0 Å². The first-order valence-corrected chi connectivity index (χ1v) is 7.24. The van der Waals surface area contributed by atoms with Gasteiger partial charge in [-0.15, -0.1) is 0 Å². The molecule has 0 saturated heterocycles. The van der Waals surface area contributed by atoms with Crippen molar-refractivity contribution in [2.24, 2.45) is 22.7 Å². The van der Waals surface area contributed by atoms with Crippen LogP contribution in [0.25, 0.3) is 0 Å². The fraction of sp³-hybridized carbons (Fsp3) is 0.933. The van der Waals surface area contributed by atoms with Crippen LogP contribution in [0, 0.1) is 22.7 Å². The average molecular weight is 235 g/mol. The van der Waals surface area contributed by atoms with Crippen LogP contribution in [0.3, 0.4) is 0 Å². The van der Waals surface area contributed by atoms with Crippen LogP contribution in [0.4, 0.5) is 0 Å². The first-order chi connectivity index (χ1) is 7.93. The summed E-state index contributed by atoms with van der Waals surface area (Å²) in [5, 5.41) is 3.40. The van der Waals surface area contributed by atoms with Gasteiger partial charge in [-0.2, -0.15) is 0 Å². The minimum Gasteiger partial charge on any atom is -0.352 e. The summed E-state index contributed by atoms with van der Waals surface area (Å²) in [7, 11) is 0. The standard InChI is InChI=1S/C15H25NO/c1-14(2)11-7-8-15(3,9-11)13(14)16-12(17)10-5-4-6-10/h10-11,13H,4-9H2,1-3H3,(H,16,17)/t11-,13-,15-/m1/s1. The van der Waals surface area contributed by atoms with Crippen LogP contribution in [-0.4, -0.2) is 11.9 Å². The Bertz CT molecular complexity index is 340. The highest BCUT2D eigenvalue weighted by molar-refractivity contribution is 5.80. The van der Waals surface area contributed by atoms with Crippen LogP contribution in [-0.2, 0) is 4.79 Å². The first kappa shape index (κ1) is 11.6. The summed E-state index contributed by atoms with van der Waals surface area (Å²) >= 11 is 0. The molecule has 2 bridgehead atoms. The second-order valence-electron chi connectivity index (χ2n) is 7.48. The summed E-state index contributed by atoms with van der Waals surface area (Å²) in [6.45, 7) is 7.09. The molecule has 0 aromatic rings. The van der Waals surface area contributed by atoms with Gasteiger partial charge in [0.25, 0.3) is 0 Å². The Morgan fingerprint density at radius 3 is 2.35 bits per heavy atom. The Hall–Kier alpha value is -0.530.